The molecule has 136 valence electrons. The second kappa shape index (κ2) is 7.67. The van der Waals surface area contributed by atoms with Crippen molar-refractivity contribution in [3.63, 3.8) is 0 Å². The summed E-state index contributed by atoms with van der Waals surface area (Å²) in [5.74, 6) is -7.10. The van der Waals surface area contributed by atoms with Crippen LogP contribution in [-0.4, -0.2) is 17.7 Å². The summed E-state index contributed by atoms with van der Waals surface area (Å²) in [7, 11) is 0. The van der Waals surface area contributed by atoms with Gasteiger partial charge in [0.25, 0.3) is 5.91 Å². The molecule has 5 nitrogen and oxygen atoms in total. The number of benzene rings is 1. The number of carbonyl (C=O) groups is 1. The molecule has 0 saturated carbocycles. The Morgan fingerprint density at radius 2 is 1.92 bits per heavy atom. The maximum atomic E-state index is 13.5. The van der Waals surface area contributed by atoms with Crippen molar-refractivity contribution in [1.82, 2.24) is 5.16 Å². The van der Waals surface area contributed by atoms with Crippen molar-refractivity contribution >= 4 is 22.9 Å². The zero-order chi connectivity index (χ0) is 18.7. The fourth-order valence-electron chi connectivity index (χ4n) is 2.02. The minimum absolute atomic E-state index is 0.0482. The molecule has 1 aromatic carbocycles. The van der Waals surface area contributed by atoms with E-state index >= 15 is 0 Å². The van der Waals surface area contributed by atoms with E-state index in [4.69, 9.17) is 9.26 Å². The minimum Gasteiger partial charge on any atom is -0.365 e. The molecule has 0 spiro atoms. The number of carbonyl (C=O) groups excluding carboxylic acids is 1. The number of rotatable bonds is 6. The molecule has 0 aliphatic rings. The molecule has 0 fully saturated rings. The monoisotopic (exact) mass is 386 g/mol. The molecule has 2 heterocycles. The Labute approximate surface area is 148 Å². The van der Waals surface area contributed by atoms with Gasteiger partial charge < -0.3 is 14.6 Å². The maximum absolute atomic E-state index is 13.5. The molecule has 3 rings (SSSR count). The molecule has 0 saturated heterocycles. The summed E-state index contributed by atoms with van der Waals surface area (Å²) in [5, 5.41) is 7.37. The molecule has 1 N–H and O–H groups in total. The van der Waals surface area contributed by atoms with Crippen molar-refractivity contribution < 1.29 is 31.6 Å². The van der Waals surface area contributed by atoms with Gasteiger partial charge in [-0.15, -0.1) is 11.3 Å². The van der Waals surface area contributed by atoms with Gasteiger partial charge in [0, 0.05) is 12.1 Å². The summed E-state index contributed by atoms with van der Waals surface area (Å²) in [4.78, 5) is 12.5. The SMILES string of the molecule is O=C(COCc1cc(-c2cccs2)on1)Nc1c(F)c(F)cc(F)c1F. The molecule has 0 aliphatic heterocycles. The number of nitrogens with one attached hydrogen (secondary N) is 1. The van der Waals surface area contributed by atoms with Crippen molar-refractivity contribution in [2.24, 2.45) is 0 Å². The Hall–Kier alpha value is -2.72. The molecule has 0 bridgehead atoms. The van der Waals surface area contributed by atoms with Crippen molar-refractivity contribution in [3.8, 4) is 10.6 Å². The van der Waals surface area contributed by atoms with Crippen LogP contribution in [-0.2, 0) is 16.1 Å². The highest BCUT2D eigenvalue weighted by Crippen LogP contribution is 2.26. The van der Waals surface area contributed by atoms with Gasteiger partial charge in [0.2, 0.25) is 0 Å². The molecule has 1 amide bonds. The molecule has 0 radical (unpaired) electrons. The topological polar surface area (TPSA) is 64.4 Å². The highest BCUT2D eigenvalue weighted by atomic mass is 32.1. The molecule has 0 unspecified atom stereocenters. The Morgan fingerprint density at radius 3 is 2.58 bits per heavy atom. The van der Waals surface area contributed by atoms with Crippen LogP contribution in [0, 0.1) is 23.3 Å². The van der Waals surface area contributed by atoms with Crippen LogP contribution in [0.5, 0.6) is 0 Å². The Morgan fingerprint density at radius 1 is 1.19 bits per heavy atom. The fourth-order valence-corrected chi connectivity index (χ4v) is 2.69. The van der Waals surface area contributed by atoms with E-state index < -0.39 is 41.5 Å². The molecule has 26 heavy (non-hydrogen) atoms. The first kappa shape index (κ1) is 18.1. The number of nitrogens with zero attached hydrogens (tertiary/aromatic N) is 1. The van der Waals surface area contributed by atoms with E-state index in [0.29, 0.717) is 11.5 Å². The number of thiophene rings is 1. The highest BCUT2D eigenvalue weighted by Gasteiger charge is 2.21. The summed E-state index contributed by atoms with van der Waals surface area (Å²) in [6.07, 6.45) is 0. The van der Waals surface area contributed by atoms with Crippen LogP contribution in [0.25, 0.3) is 10.6 Å². The third-order valence-corrected chi connectivity index (χ3v) is 4.07. The fraction of sp³-hybridized carbons (Fsp3) is 0.125. The van der Waals surface area contributed by atoms with Crippen LogP contribution >= 0.6 is 11.3 Å². The first-order chi connectivity index (χ1) is 12.5. The lowest BCUT2D eigenvalue weighted by Gasteiger charge is -2.09. The van der Waals surface area contributed by atoms with Crippen LogP contribution in [0.4, 0.5) is 23.2 Å². The van der Waals surface area contributed by atoms with Gasteiger partial charge in [-0.3, -0.25) is 4.79 Å². The zero-order valence-electron chi connectivity index (χ0n) is 12.9. The molecular weight excluding hydrogens is 376 g/mol. The number of anilines is 1. The molecule has 3 aromatic rings. The third-order valence-electron chi connectivity index (χ3n) is 3.18. The number of amides is 1. The average molecular weight is 386 g/mol. The van der Waals surface area contributed by atoms with E-state index in [2.05, 4.69) is 5.16 Å². The second-order valence-corrected chi connectivity index (χ2v) is 5.99. The van der Waals surface area contributed by atoms with E-state index in [1.54, 1.807) is 11.4 Å². The van der Waals surface area contributed by atoms with Gasteiger partial charge >= 0.3 is 0 Å². The lowest BCUT2D eigenvalue weighted by Crippen LogP contribution is -2.20. The largest absolute Gasteiger partial charge is 0.365 e. The number of ether oxygens (including phenoxy) is 1. The normalized spacial score (nSPS) is 10.9. The van der Waals surface area contributed by atoms with E-state index in [0.717, 1.165) is 4.88 Å². The van der Waals surface area contributed by atoms with Crippen LogP contribution < -0.4 is 5.32 Å². The quantitative estimate of drug-likeness (QED) is 0.511. The van der Waals surface area contributed by atoms with Crippen LogP contribution in [0.1, 0.15) is 5.69 Å². The zero-order valence-corrected chi connectivity index (χ0v) is 13.7. The summed E-state index contributed by atoms with van der Waals surface area (Å²) in [6, 6.07) is 5.35. The molecule has 10 heteroatoms. The van der Waals surface area contributed by atoms with Crippen molar-refractivity contribution in [3.05, 3.63) is 58.6 Å². The van der Waals surface area contributed by atoms with E-state index in [9.17, 15) is 22.4 Å². The van der Waals surface area contributed by atoms with Crippen LogP contribution in [0.2, 0.25) is 0 Å². The maximum Gasteiger partial charge on any atom is 0.250 e. The summed E-state index contributed by atoms with van der Waals surface area (Å²) < 4.78 is 63.3. The number of hydrogen-bond donors (Lipinski definition) is 1. The average Bonchev–Trinajstić information content (AvgIpc) is 3.28. The molecule has 2 aromatic heterocycles. The van der Waals surface area contributed by atoms with Gasteiger partial charge in [0.05, 0.1) is 11.5 Å². The Bertz CT molecular complexity index is 902. The predicted octanol–water partition coefficient (Wildman–Crippen LogP) is 4.11. The van der Waals surface area contributed by atoms with Crippen LogP contribution in [0.15, 0.2) is 34.2 Å². The lowest BCUT2D eigenvalue weighted by atomic mass is 10.2. The van der Waals surface area contributed by atoms with Gasteiger partial charge in [0.15, 0.2) is 29.0 Å². The predicted molar refractivity (Wildman–Crippen MR) is 84.4 cm³/mol. The number of halogens is 4. The van der Waals surface area contributed by atoms with Gasteiger partial charge in [-0.2, -0.15) is 0 Å². The van der Waals surface area contributed by atoms with Crippen LogP contribution in [0.3, 0.4) is 0 Å². The molecule has 0 atom stereocenters. The summed E-state index contributed by atoms with van der Waals surface area (Å²) >= 11 is 1.45. The summed E-state index contributed by atoms with van der Waals surface area (Å²) in [5.41, 5.74) is -0.812. The first-order valence-corrected chi connectivity index (χ1v) is 8.03. The van der Waals surface area contributed by atoms with Crippen molar-refractivity contribution in [2.45, 2.75) is 6.61 Å². The van der Waals surface area contributed by atoms with Gasteiger partial charge in [0.1, 0.15) is 18.0 Å². The van der Waals surface area contributed by atoms with E-state index in [1.807, 2.05) is 17.5 Å². The number of aromatic nitrogens is 1. The molecule has 0 aliphatic carbocycles. The van der Waals surface area contributed by atoms with Gasteiger partial charge in [-0.05, 0) is 11.4 Å². The minimum atomic E-state index is -1.70. The van der Waals surface area contributed by atoms with Gasteiger partial charge in [-0.25, -0.2) is 17.6 Å². The first-order valence-electron chi connectivity index (χ1n) is 7.15. The lowest BCUT2D eigenvalue weighted by molar-refractivity contribution is -0.121. The van der Waals surface area contributed by atoms with Gasteiger partial charge in [-0.1, -0.05) is 11.2 Å². The van der Waals surface area contributed by atoms with E-state index in [-0.39, 0.29) is 12.7 Å². The second-order valence-electron chi connectivity index (χ2n) is 5.04. The summed E-state index contributed by atoms with van der Waals surface area (Å²) in [6.45, 7) is -0.719. The van der Waals surface area contributed by atoms with Crippen molar-refractivity contribution in [1.29, 1.82) is 0 Å². The number of hydrogen-bond acceptors (Lipinski definition) is 5. The smallest absolute Gasteiger partial charge is 0.250 e. The van der Waals surface area contributed by atoms with E-state index in [1.165, 1.54) is 11.3 Å². The van der Waals surface area contributed by atoms with Crippen molar-refractivity contribution in [2.75, 3.05) is 11.9 Å². The third kappa shape index (κ3) is 3.92. The highest BCUT2D eigenvalue weighted by molar-refractivity contribution is 7.13. The Kier molecular flexibility index (Phi) is 5.33. The standard InChI is InChI=1S/C16H10F4N2O3S/c17-9-5-10(18)15(20)16(14(9)19)21-13(23)7-24-6-8-4-11(25-22-8)12-2-1-3-26-12/h1-5H,6-7H2,(H,21,23). The Balaban J connectivity index is 1.56. The molecular formula is C16H10F4N2O3S.